The van der Waals surface area contributed by atoms with Crippen LogP contribution in [0.1, 0.15) is 26.2 Å². The van der Waals surface area contributed by atoms with Gasteiger partial charge in [-0.05, 0) is 39.3 Å². The maximum absolute atomic E-state index is 3.61. The summed E-state index contributed by atoms with van der Waals surface area (Å²) in [6, 6.07) is 1.62. The van der Waals surface area contributed by atoms with Crippen LogP contribution in [-0.2, 0) is 0 Å². The van der Waals surface area contributed by atoms with Gasteiger partial charge in [-0.2, -0.15) is 11.8 Å². The molecule has 0 saturated carbocycles. The lowest BCUT2D eigenvalue weighted by atomic mass is 10.2. The predicted octanol–water partition coefficient (Wildman–Crippen LogP) is 1.57. The third kappa shape index (κ3) is 2.88. The summed E-state index contributed by atoms with van der Waals surface area (Å²) in [5.74, 6) is 2.62. The number of thioether (sulfide) groups is 1. The lowest BCUT2D eigenvalue weighted by Gasteiger charge is -2.27. The van der Waals surface area contributed by atoms with E-state index in [4.69, 9.17) is 0 Å². The first-order chi connectivity index (χ1) is 6.86. The molecule has 0 aromatic heterocycles. The Bertz CT molecular complexity index is 169. The van der Waals surface area contributed by atoms with E-state index in [0.717, 1.165) is 12.1 Å². The average Bonchev–Trinajstić information content (AvgIpc) is 2.63. The standard InChI is InChI=1S/C11H22N2S/c1-10-3-2-6-13(10)7-4-11-9-14-8-5-12-11/h10-12H,2-9H2,1H3. The fourth-order valence-corrected chi connectivity index (χ4v) is 3.45. The lowest BCUT2D eigenvalue weighted by molar-refractivity contribution is 0.254. The van der Waals surface area contributed by atoms with E-state index in [2.05, 4.69) is 28.9 Å². The van der Waals surface area contributed by atoms with Gasteiger partial charge in [0.05, 0.1) is 0 Å². The van der Waals surface area contributed by atoms with Gasteiger partial charge in [0.15, 0.2) is 0 Å². The number of nitrogens with one attached hydrogen (secondary N) is 1. The highest BCUT2D eigenvalue weighted by atomic mass is 32.2. The zero-order chi connectivity index (χ0) is 9.80. The summed E-state index contributed by atoms with van der Waals surface area (Å²) in [6.45, 7) is 6.22. The molecule has 0 aliphatic carbocycles. The van der Waals surface area contributed by atoms with Crippen LogP contribution in [0, 0.1) is 0 Å². The Hall–Kier alpha value is 0.270. The van der Waals surface area contributed by atoms with Crippen LogP contribution in [-0.4, -0.2) is 48.1 Å². The molecule has 2 aliphatic rings. The second kappa shape index (κ2) is 5.38. The van der Waals surface area contributed by atoms with Gasteiger partial charge in [0, 0.05) is 30.1 Å². The number of hydrogen-bond donors (Lipinski definition) is 1. The minimum absolute atomic E-state index is 0.779. The van der Waals surface area contributed by atoms with Crippen LogP contribution < -0.4 is 5.32 Å². The second-order valence-electron chi connectivity index (χ2n) is 4.54. The quantitative estimate of drug-likeness (QED) is 0.768. The second-order valence-corrected chi connectivity index (χ2v) is 5.69. The molecule has 2 aliphatic heterocycles. The van der Waals surface area contributed by atoms with Crippen LogP contribution in [0.15, 0.2) is 0 Å². The molecule has 1 N–H and O–H groups in total. The molecule has 0 spiro atoms. The van der Waals surface area contributed by atoms with Gasteiger partial charge in [-0.3, -0.25) is 0 Å². The van der Waals surface area contributed by atoms with E-state index in [1.165, 1.54) is 50.4 Å². The maximum atomic E-state index is 3.61. The molecular weight excluding hydrogens is 192 g/mol. The molecule has 2 saturated heterocycles. The highest BCUT2D eigenvalue weighted by molar-refractivity contribution is 7.99. The number of nitrogens with zero attached hydrogens (tertiary/aromatic N) is 1. The summed E-state index contributed by atoms with van der Waals surface area (Å²) >= 11 is 2.11. The van der Waals surface area contributed by atoms with Gasteiger partial charge in [0.1, 0.15) is 0 Å². The predicted molar refractivity (Wildman–Crippen MR) is 64.0 cm³/mol. The Balaban J connectivity index is 1.65. The topological polar surface area (TPSA) is 15.3 Å². The minimum atomic E-state index is 0.779. The van der Waals surface area contributed by atoms with E-state index in [9.17, 15) is 0 Å². The highest BCUT2D eigenvalue weighted by Crippen LogP contribution is 2.18. The van der Waals surface area contributed by atoms with Gasteiger partial charge < -0.3 is 10.2 Å². The molecule has 14 heavy (non-hydrogen) atoms. The van der Waals surface area contributed by atoms with Gasteiger partial charge in [-0.15, -0.1) is 0 Å². The Morgan fingerprint density at radius 1 is 1.50 bits per heavy atom. The zero-order valence-corrected chi connectivity index (χ0v) is 9.98. The fraction of sp³-hybridized carbons (Fsp3) is 1.00. The van der Waals surface area contributed by atoms with Crippen molar-refractivity contribution in [1.82, 2.24) is 10.2 Å². The normalized spacial score (nSPS) is 34.9. The van der Waals surface area contributed by atoms with Crippen LogP contribution in [0.2, 0.25) is 0 Å². The molecule has 3 heteroatoms. The fourth-order valence-electron chi connectivity index (χ4n) is 2.45. The molecule has 2 atom stereocenters. The Morgan fingerprint density at radius 3 is 3.07 bits per heavy atom. The molecule has 82 valence electrons. The molecule has 0 amide bonds. The molecule has 0 bridgehead atoms. The summed E-state index contributed by atoms with van der Waals surface area (Å²) in [7, 11) is 0. The van der Waals surface area contributed by atoms with Crippen molar-refractivity contribution in [2.75, 3.05) is 31.1 Å². The van der Waals surface area contributed by atoms with E-state index >= 15 is 0 Å². The molecular formula is C11H22N2S. The van der Waals surface area contributed by atoms with Crippen LogP contribution in [0.5, 0.6) is 0 Å². The van der Waals surface area contributed by atoms with Crippen molar-refractivity contribution in [3.8, 4) is 0 Å². The van der Waals surface area contributed by atoms with E-state index < -0.39 is 0 Å². The zero-order valence-electron chi connectivity index (χ0n) is 9.17. The average molecular weight is 214 g/mol. The van der Waals surface area contributed by atoms with E-state index in [-0.39, 0.29) is 0 Å². The molecule has 0 aromatic carbocycles. The highest BCUT2D eigenvalue weighted by Gasteiger charge is 2.21. The molecule has 2 nitrogen and oxygen atoms in total. The van der Waals surface area contributed by atoms with Crippen molar-refractivity contribution in [1.29, 1.82) is 0 Å². The van der Waals surface area contributed by atoms with E-state index in [0.29, 0.717) is 0 Å². The largest absolute Gasteiger partial charge is 0.312 e. The monoisotopic (exact) mass is 214 g/mol. The molecule has 2 heterocycles. The lowest BCUT2D eigenvalue weighted by Crippen LogP contribution is -2.40. The molecule has 2 unspecified atom stereocenters. The number of hydrogen-bond acceptors (Lipinski definition) is 3. The van der Waals surface area contributed by atoms with Crippen molar-refractivity contribution in [3.05, 3.63) is 0 Å². The number of rotatable bonds is 3. The van der Waals surface area contributed by atoms with E-state index in [1.54, 1.807) is 0 Å². The van der Waals surface area contributed by atoms with Crippen LogP contribution in [0.3, 0.4) is 0 Å². The SMILES string of the molecule is CC1CCCN1CCC1CSCCN1. The minimum Gasteiger partial charge on any atom is -0.312 e. The molecule has 0 radical (unpaired) electrons. The van der Waals surface area contributed by atoms with Gasteiger partial charge in [0.25, 0.3) is 0 Å². The van der Waals surface area contributed by atoms with Crippen LogP contribution in [0.25, 0.3) is 0 Å². The Labute approximate surface area is 91.8 Å². The van der Waals surface area contributed by atoms with Crippen LogP contribution in [0.4, 0.5) is 0 Å². The third-order valence-corrected chi connectivity index (χ3v) is 4.58. The summed E-state index contributed by atoms with van der Waals surface area (Å²) in [5.41, 5.74) is 0. The van der Waals surface area contributed by atoms with Gasteiger partial charge in [-0.25, -0.2) is 0 Å². The van der Waals surface area contributed by atoms with Gasteiger partial charge in [0.2, 0.25) is 0 Å². The van der Waals surface area contributed by atoms with Gasteiger partial charge in [-0.1, -0.05) is 0 Å². The van der Waals surface area contributed by atoms with Crippen molar-refractivity contribution in [2.45, 2.75) is 38.3 Å². The first kappa shape index (κ1) is 10.8. The van der Waals surface area contributed by atoms with Gasteiger partial charge >= 0.3 is 0 Å². The molecule has 2 rings (SSSR count). The maximum Gasteiger partial charge on any atom is 0.0170 e. The summed E-state index contributed by atoms with van der Waals surface area (Å²) in [5, 5.41) is 3.61. The van der Waals surface area contributed by atoms with Crippen molar-refractivity contribution in [2.24, 2.45) is 0 Å². The van der Waals surface area contributed by atoms with Crippen molar-refractivity contribution in [3.63, 3.8) is 0 Å². The summed E-state index contributed by atoms with van der Waals surface area (Å²) in [4.78, 5) is 2.65. The smallest absolute Gasteiger partial charge is 0.0170 e. The first-order valence-corrected chi connectivity index (χ1v) is 7.07. The van der Waals surface area contributed by atoms with E-state index in [1.807, 2.05) is 0 Å². The molecule has 2 fully saturated rings. The summed E-state index contributed by atoms with van der Waals surface area (Å²) in [6.07, 6.45) is 4.16. The van der Waals surface area contributed by atoms with Crippen LogP contribution >= 0.6 is 11.8 Å². The first-order valence-electron chi connectivity index (χ1n) is 5.91. The van der Waals surface area contributed by atoms with Crippen molar-refractivity contribution >= 4 is 11.8 Å². The number of likely N-dealkylation sites (tertiary alicyclic amines) is 1. The molecule has 0 aromatic rings. The van der Waals surface area contributed by atoms with Crippen molar-refractivity contribution < 1.29 is 0 Å². The summed E-state index contributed by atoms with van der Waals surface area (Å²) < 4.78 is 0. The Morgan fingerprint density at radius 2 is 2.43 bits per heavy atom. The third-order valence-electron chi connectivity index (χ3n) is 3.45. The Kier molecular flexibility index (Phi) is 4.14.